The maximum Gasteiger partial charge on any atom is 0.323 e. The normalized spacial score (nSPS) is 16.9. The molecule has 1 N–H and O–H groups in total. The smallest absolute Gasteiger partial charge is 0.323 e. The van der Waals surface area contributed by atoms with Gasteiger partial charge in [0.15, 0.2) is 0 Å². The van der Waals surface area contributed by atoms with Gasteiger partial charge in [0.2, 0.25) is 6.10 Å². The molecule has 5 nitrogen and oxygen atoms in total. The molecular weight excluding hydrogens is 282 g/mol. The summed E-state index contributed by atoms with van der Waals surface area (Å²) in [5.41, 5.74) is 2.14. The van der Waals surface area contributed by atoms with Crippen molar-refractivity contribution in [2.24, 2.45) is 0 Å². The number of aliphatic carboxylic acids is 1. The van der Waals surface area contributed by atoms with Gasteiger partial charge in [-0.3, -0.25) is 14.5 Å². The number of benzene rings is 2. The summed E-state index contributed by atoms with van der Waals surface area (Å²) in [7, 11) is 0. The predicted octanol–water partition coefficient (Wildman–Crippen LogP) is 2.55. The van der Waals surface area contributed by atoms with Crippen molar-refractivity contribution in [3.63, 3.8) is 0 Å². The van der Waals surface area contributed by atoms with Gasteiger partial charge in [0, 0.05) is 5.56 Å². The number of hydrogen-bond acceptors (Lipinski definition) is 3. The maximum absolute atomic E-state index is 12.7. The highest BCUT2D eigenvalue weighted by Crippen LogP contribution is 2.39. The van der Waals surface area contributed by atoms with Crippen LogP contribution in [0, 0.1) is 6.92 Å². The molecule has 0 radical (unpaired) electrons. The Bertz CT molecular complexity index is 727. The molecule has 0 aliphatic carbocycles. The van der Waals surface area contributed by atoms with E-state index in [-0.39, 0.29) is 12.5 Å². The molecule has 1 unspecified atom stereocenters. The van der Waals surface area contributed by atoms with Crippen LogP contribution < -0.4 is 9.64 Å². The van der Waals surface area contributed by atoms with Crippen LogP contribution >= 0.6 is 0 Å². The van der Waals surface area contributed by atoms with Crippen molar-refractivity contribution < 1.29 is 19.4 Å². The van der Waals surface area contributed by atoms with E-state index in [1.807, 2.05) is 31.2 Å². The van der Waals surface area contributed by atoms with Crippen molar-refractivity contribution in [3.8, 4) is 5.75 Å². The molecule has 1 heterocycles. The Balaban J connectivity index is 2.06. The number of carboxylic acid groups (broad SMARTS) is 1. The van der Waals surface area contributed by atoms with Crippen LogP contribution in [-0.4, -0.2) is 23.5 Å². The Hall–Kier alpha value is -2.82. The second-order valence-corrected chi connectivity index (χ2v) is 5.20. The first-order valence-electron chi connectivity index (χ1n) is 6.91. The average Bonchev–Trinajstić information content (AvgIpc) is 2.51. The summed E-state index contributed by atoms with van der Waals surface area (Å²) in [6, 6.07) is 14.5. The third kappa shape index (κ3) is 2.53. The predicted molar refractivity (Wildman–Crippen MR) is 81.0 cm³/mol. The minimum absolute atomic E-state index is 0.369. The van der Waals surface area contributed by atoms with Gasteiger partial charge in [-0.15, -0.1) is 0 Å². The van der Waals surface area contributed by atoms with E-state index in [0.29, 0.717) is 17.0 Å². The fraction of sp³-hybridized carbons (Fsp3) is 0.176. The van der Waals surface area contributed by atoms with Gasteiger partial charge < -0.3 is 9.84 Å². The maximum atomic E-state index is 12.7. The van der Waals surface area contributed by atoms with E-state index in [1.54, 1.807) is 24.3 Å². The highest BCUT2D eigenvalue weighted by molar-refractivity contribution is 6.03. The average molecular weight is 297 g/mol. The molecule has 1 atom stereocenters. The summed E-state index contributed by atoms with van der Waals surface area (Å²) in [5, 5.41) is 9.10. The Morgan fingerprint density at radius 1 is 1.23 bits per heavy atom. The van der Waals surface area contributed by atoms with Gasteiger partial charge in [-0.05, 0) is 24.6 Å². The SMILES string of the molecule is Cc1ccc2c(c1)N(CC(=O)O)C(=O)C(c1ccccc1)O2. The van der Waals surface area contributed by atoms with Crippen molar-refractivity contribution >= 4 is 17.6 Å². The van der Waals surface area contributed by atoms with Gasteiger partial charge in [-0.2, -0.15) is 0 Å². The first-order chi connectivity index (χ1) is 10.6. The summed E-state index contributed by atoms with van der Waals surface area (Å²) >= 11 is 0. The molecule has 0 saturated heterocycles. The van der Waals surface area contributed by atoms with Crippen molar-refractivity contribution in [2.45, 2.75) is 13.0 Å². The first kappa shape index (κ1) is 14.1. The zero-order valence-corrected chi connectivity index (χ0v) is 12.0. The lowest BCUT2D eigenvalue weighted by molar-refractivity contribution is -0.138. The number of aryl methyl sites for hydroxylation is 1. The molecule has 112 valence electrons. The molecule has 1 aliphatic rings. The van der Waals surface area contributed by atoms with Crippen LogP contribution in [0.2, 0.25) is 0 Å². The van der Waals surface area contributed by atoms with Crippen LogP contribution in [0.1, 0.15) is 17.2 Å². The molecule has 22 heavy (non-hydrogen) atoms. The molecule has 0 saturated carbocycles. The molecule has 0 fully saturated rings. The Kier molecular flexibility index (Phi) is 3.55. The third-order valence-electron chi connectivity index (χ3n) is 3.54. The van der Waals surface area contributed by atoms with Gasteiger partial charge in [0.25, 0.3) is 5.91 Å². The largest absolute Gasteiger partial charge is 0.480 e. The number of carboxylic acids is 1. The third-order valence-corrected chi connectivity index (χ3v) is 3.54. The molecule has 0 aromatic heterocycles. The monoisotopic (exact) mass is 297 g/mol. The number of ether oxygens (including phenoxy) is 1. The summed E-state index contributed by atoms with van der Waals surface area (Å²) in [6.07, 6.45) is -0.823. The molecule has 1 aliphatic heterocycles. The van der Waals surface area contributed by atoms with Crippen molar-refractivity contribution in [3.05, 3.63) is 59.7 Å². The minimum Gasteiger partial charge on any atom is -0.480 e. The number of nitrogens with zero attached hydrogens (tertiary/aromatic N) is 1. The standard InChI is InChI=1S/C17H15NO4/c1-11-7-8-14-13(9-11)18(10-15(19)20)17(21)16(22-14)12-5-3-2-4-6-12/h2-9,16H,10H2,1H3,(H,19,20). The van der Waals surface area contributed by atoms with Crippen molar-refractivity contribution in [1.82, 2.24) is 0 Å². The van der Waals surface area contributed by atoms with Gasteiger partial charge in [-0.1, -0.05) is 36.4 Å². The van der Waals surface area contributed by atoms with Crippen LogP contribution in [0.25, 0.3) is 0 Å². The van der Waals surface area contributed by atoms with Gasteiger partial charge in [0.1, 0.15) is 12.3 Å². The highest BCUT2D eigenvalue weighted by atomic mass is 16.5. The fourth-order valence-electron chi connectivity index (χ4n) is 2.51. The molecule has 2 aromatic carbocycles. The van der Waals surface area contributed by atoms with E-state index in [4.69, 9.17) is 9.84 Å². The lowest BCUT2D eigenvalue weighted by Crippen LogP contribution is -2.43. The number of carbonyl (C=O) groups excluding carboxylic acids is 1. The quantitative estimate of drug-likeness (QED) is 0.945. The van der Waals surface area contributed by atoms with Gasteiger partial charge in [-0.25, -0.2) is 0 Å². The van der Waals surface area contributed by atoms with Crippen LogP contribution in [0.5, 0.6) is 5.75 Å². The second-order valence-electron chi connectivity index (χ2n) is 5.20. The Morgan fingerprint density at radius 2 is 1.95 bits per heavy atom. The molecule has 0 spiro atoms. The summed E-state index contributed by atoms with van der Waals surface area (Å²) in [6.45, 7) is 1.50. The van der Waals surface area contributed by atoms with E-state index in [1.165, 1.54) is 4.90 Å². The van der Waals surface area contributed by atoms with Gasteiger partial charge in [0.05, 0.1) is 5.69 Å². The first-order valence-corrected chi connectivity index (χ1v) is 6.91. The van der Waals surface area contributed by atoms with E-state index in [0.717, 1.165) is 5.56 Å². The summed E-state index contributed by atoms with van der Waals surface area (Å²) in [5.74, 6) is -0.915. The van der Waals surface area contributed by atoms with Crippen LogP contribution in [0.4, 0.5) is 5.69 Å². The molecule has 1 amide bonds. The van der Waals surface area contributed by atoms with E-state index in [2.05, 4.69) is 0 Å². The highest BCUT2D eigenvalue weighted by Gasteiger charge is 2.36. The Morgan fingerprint density at radius 3 is 2.64 bits per heavy atom. The number of hydrogen-bond donors (Lipinski definition) is 1. The molecule has 0 bridgehead atoms. The summed E-state index contributed by atoms with van der Waals surface area (Å²) in [4.78, 5) is 25.1. The Labute approximate surface area is 127 Å². The number of carbonyl (C=O) groups is 2. The van der Waals surface area contributed by atoms with Crippen LogP contribution in [-0.2, 0) is 9.59 Å². The number of rotatable bonds is 3. The van der Waals surface area contributed by atoms with Crippen molar-refractivity contribution in [1.29, 1.82) is 0 Å². The van der Waals surface area contributed by atoms with Crippen LogP contribution in [0.15, 0.2) is 48.5 Å². The number of fused-ring (bicyclic) bond motifs is 1. The molecular formula is C17H15NO4. The number of amides is 1. The minimum atomic E-state index is -1.06. The van der Waals surface area contributed by atoms with E-state index >= 15 is 0 Å². The van der Waals surface area contributed by atoms with Gasteiger partial charge >= 0.3 is 5.97 Å². The zero-order valence-electron chi connectivity index (χ0n) is 12.0. The van der Waals surface area contributed by atoms with E-state index in [9.17, 15) is 9.59 Å². The lowest BCUT2D eigenvalue weighted by Gasteiger charge is -2.33. The van der Waals surface area contributed by atoms with Crippen molar-refractivity contribution in [2.75, 3.05) is 11.4 Å². The summed E-state index contributed by atoms with van der Waals surface area (Å²) < 4.78 is 5.81. The van der Waals surface area contributed by atoms with Crippen LogP contribution in [0.3, 0.4) is 0 Å². The second kappa shape index (κ2) is 5.52. The number of anilines is 1. The lowest BCUT2D eigenvalue weighted by atomic mass is 10.0. The molecule has 3 rings (SSSR count). The topological polar surface area (TPSA) is 66.8 Å². The van der Waals surface area contributed by atoms with E-state index < -0.39 is 12.1 Å². The fourth-order valence-corrected chi connectivity index (χ4v) is 2.51. The molecule has 5 heteroatoms. The zero-order chi connectivity index (χ0) is 15.7. The molecule has 2 aromatic rings.